The van der Waals surface area contributed by atoms with Crippen LogP contribution in [0.15, 0.2) is 48.5 Å². The largest absolute Gasteiger partial charge is 0.506 e. The Balaban J connectivity index is 2.25. The van der Waals surface area contributed by atoms with Crippen molar-refractivity contribution in [3.8, 4) is 5.75 Å². The van der Waals surface area contributed by atoms with E-state index in [0.717, 1.165) is 5.56 Å². The van der Waals surface area contributed by atoms with Gasteiger partial charge in [0.1, 0.15) is 5.75 Å². The second kappa shape index (κ2) is 6.64. The Hall–Kier alpha value is -2.00. The van der Waals surface area contributed by atoms with Crippen LogP contribution in [-0.4, -0.2) is 22.0 Å². The molecule has 0 unspecified atom stereocenters. The van der Waals surface area contributed by atoms with Gasteiger partial charge in [0.2, 0.25) is 0 Å². The van der Waals surface area contributed by atoms with Crippen LogP contribution in [-0.2, 0) is 6.54 Å². The molecule has 2 rings (SSSR count). The summed E-state index contributed by atoms with van der Waals surface area (Å²) in [7, 11) is 0. The van der Waals surface area contributed by atoms with E-state index in [0.29, 0.717) is 12.1 Å². The van der Waals surface area contributed by atoms with Gasteiger partial charge in [-0.05, 0) is 37.6 Å². The number of nitrogens with zero attached hydrogens (tertiary/aromatic N) is 1. The van der Waals surface area contributed by atoms with Crippen molar-refractivity contribution in [1.82, 2.24) is 4.90 Å². The fraction of sp³-hybridized carbons (Fsp3) is 0.235. The van der Waals surface area contributed by atoms with Gasteiger partial charge < -0.3 is 10.0 Å². The fourth-order valence-electron chi connectivity index (χ4n) is 2.07. The molecule has 110 valence electrons. The summed E-state index contributed by atoms with van der Waals surface area (Å²) in [6, 6.07) is 14.4. The summed E-state index contributed by atoms with van der Waals surface area (Å²) in [5.74, 6) is -0.122. The number of phenols is 1. The number of phenolic OH excluding ortho intramolecular Hbond substituents is 1. The van der Waals surface area contributed by atoms with Crippen molar-refractivity contribution < 1.29 is 9.90 Å². The van der Waals surface area contributed by atoms with Crippen LogP contribution < -0.4 is 0 Å². The maximum absolute atomic E-state index is 12.6. The lowest BCUT2D eigenvalue weighted by Crippen LogP contribution is -2.36. The summed E-state index contributed by atoms with van der Waals surface area (Å²) < 4.78 is 0. The van der Waals surface area contributed by atoms with Crippen LogP contribution in [0.25, 0.3) is 0 Å². The van der Waals surface area contributed by atoms with E-state index in [1.54, 1.807) is 11.0 Å². The Morgan fingerprint density at radius 2 is 1.86 bits per heavy atom. The van der Waals surface area contributed by atoms with Crippen LogP contribution in [0.3, 0.4) is 0 Å². The average Bonchev–Trinajstić information content (AvgIpc) is 2.47. The van der Waals surface area contributed by atoms with Gasteiger partial charge in [-0.25, -0.2) is 0 Å². The number of hydrogen-bond donors (Lipinski definition) is 1. The van der Waals surface area contributed by atoms with Crippen LogP contribution >= 0.6 is 11.6 Å². The van der Waals surface area contributed by atoms with Gasteiger partial charge in [-0.15, -0.1) is 0 Å². The highest BCUT2D eigenvalue weighted by Gasteiger charge is 2.19. The smallest absolute Gasteiger partial charge is 0.254 e. The second-order valence-corrected chi connectivity index (χ2v) is 5.59. The molecule has 2 aromatic carbocycles. The van der Waals surface area contributed by atoms with Crippen LogP contribution in [0.2, 0.25) is 5.02 Å². The Morgan fingerprint density at radius 1 is 1.19 bits per heavy atom. The standard InChI is InChI=1S/C17H18ClNO2/c1-12(2)19(11-13-6-4-3-5-7-13)17(21)14-8-9-16(20)15(18)10-14/h3-10,12,20H,11H2,1-2H3. The van der Waals surface area contributed by atoms with Crippen molar-refractivity contribution >= 4 is 17.5 Å². The molecule has 0 saturated heterocycles. The van der Waals surface area contributed by atoms with Crippen LogP contribution in [0.5, 0.6) is 5.75 Å². The van der Waals surface area contributed by atoms with Crippen molar-refractivity contribution in [3.05, 3.63) is 64.7 Å². The molecular weight excluding hydrogens is 286 g/mol. The molecule has 4 heteroatoms. The minimum Gasteiger partial charge on any atom is -0.506 e. The zero-order chi connectivity index (χ0) is 15.4. The second-order valence-electron chi connectivity index (χ2n) is 5.18. The maximum Gasteiger partial charge on any atom is 0.254 e. The molecule has 0 saturated carbocycles. The van der Waals surface area contributed by atoms with Gasteiger partial charge in [0, 0.05) is 18.2 Å². The summed E-state index contributed by atoms with van der Waals surface area (Å²) >= 11 is 5.88. The molecule has 0 bridgehead atoms. The van der Waals surface area contributed by atoms with Gasteiger partial charge in [0.15, 0.2) is 0 Å². The Morgan fingerprint density at radius 3 is 2.43 bits per heavy atom. The lowest BCUT2D eigenvalue weighted by atomic mass is 10.1. The van der Waals surface area contributed by atoms with Crippen molar-refractivity contribution in [2.24, 2.45) is 0 Å². The molecule has 2 aromatic rings. The van der Waals surface area contributed by atoms with Crippen LogP contribution in [0, 0.1) is 0 Å². The number of carbonyl (C=O) groups excluding carboxylic acids is 1. The molecule has 0 radical (unpaired) electrons. The predicted octanol–water partition coefficient (Wildman–Crippen LogP) is 4.10. The number of rotatable bonds is 4. The normalized spacial score (nSPS) is 10.7. The fourth-order valence-corrected chi connectivity index (χ4v) is 2.26. The van der Waals surface area contributed by atoms with E-state index in [1.807, 2.05) is 44.2 Å². The van der Waals surface area contributed by atoms with Crippen molar-refractivity contribution in [2.45, 2.75) is 26.4 Å². The highest BCUT2D eigenvalue weighted by molar-refractivity contribution is 6.32. The zero-order valence-electron chi connectivity index (χ0n) is 12.1. The minimum atomic E-state index is -0.101. The van der Waals surface area contributed by atoms with E-state index >= 15 is 0 Å². The molecule has 0 aliphatic carbocycles. The average molecular weight is 304 g/mol. The third kappa shape index (κ3) is 3.76. The monoisotopic (exact) mass is 303 g/mol. The third-order valence-corrected chi connectivity index (χ3v) is 3.58. The lowest BCUT2D eigenvalue weighted by molar-refractivity contribution is 0.0690. The molecule has 0 atom stereocenters. The first-order valence-corrected chi connectivity index (χ1v) is 7.20. The van der Waals surface area contributed by atoms with Crippen molar-refractivity contribution in [1.29, 1.82) is 0 Å². The number of benzene rings is 2. The summed E-state index contributed by atoms with van der Waals surface area (Å²) in [5, 5.41) is 9.64. The molecular formula is C17H18ClNO2. The van der Waals surface area contributed by atoms with Gasteiger partial charge in [0.05, 0.1) is 5.02 Å². The molecule has 3 nitrogen and oxygen atoms in total. The number of hydrogen-bond acceptors (Lipinski definition) is 2. The van der Waals surface area contributed by atoms with E-state index < -0.39 is 0 Å². The first kappa shape index (κ1) is 15.4. The molecule has 0 aliphatic heterocycles. The van der Waals surface area contributed by atoms with Gasteiger partial charge in [-0.1, -0.05) is 41.9 Å². The molecule has 0 aromatic heterocycles. The highest BCUT2D eigenvalue weighted by atomic mass is 35.5. The van der Waals surface area contributed by atoms with E-state index in [2.05, 4.69) is 0 Å². The van der Waals surface area contributed by atoms with Gasteiger partial charge >= 0.3 is 0 Å². The highest BCUT2D eigenvalue weighted by Crippen LogP contribution is 2.25. The van der Waals surface area contributed by atoms with E-state index in [4.69, 9.17) is 11.6 Å². The first-order chi connectivity index (χ1) is 9.99. The summed E-state index contributed by atoms with van der Waals surface area (Å²) in [6.07, 6.45) is 0. The molecule has 1 N–H and O–H groups in total. The number of amides is 1. The summed E-state index contributed by atoms with van der Waals surface area (Å²) in [4.78, 5) is 14.4. The van der Waals surface area contributed by atoms with Crippen molar-refractivity contribution in [2.75, 3.05) is 0 Å². The topological polar surface area (TPSA) is 40.5 Å². The van der Waals surface area contributed by atoms with E-state index in [1.165, 1.54) is 12.1 Å². The molecule has 0 aliphatic rings. The van der Waals surface area contributed by atoms with E-state index in [9.17, 15) is 9.90 Å². The number of carbonyl (C=O) groups is 1. The maximum atomic E-state index is 12.6. The third-order valence-electron chi connectivity index (χ3n) is 3.27. The lowest BCUT2D eigenvalue weighted by Gasteiger charge is -2.27. The quantitative estimate of drug-likeness (QED) is 0.924. The Kier molecular flexibility index (Phi) is 4.86. The van der Waals surface area contributed by atoms with Crippen LogP contribution in [0.1, 0.15) is 29.8 Å². The number of halogens is 1. The molecule has 21 heavy (non-hydrogen) atoms. The number of aromatic hydroxyl groups is 1. The molecule has 0 fully saturated rings. The summed E-state index contributed by atoms with van der Waals surface area (Å²) in [5.41, 5.74) is 1.55. The van der Waals surface area contributed by atoms with Crippen LogP contribution in [0.4, 0.5) is 0 Å². The molecule has 0 heterocycles. The SMILES string of the molecule is CC(C)N(Cc1ccccc1)C(=O)c1ccc(O)c(Cl)c1. The van der Waals surface area contributed by atoms with Gasteiger partial charge in [0.25, 0.3) is 5.91 Å². The van der Waals surface area contributed by atoms with Gasteiger partial charge in [-0.3, -0.25) is 4.79 Å². The predicted molar refractivity (Wildman–Crippen MR) is 84.6 cm³/mol. The minimum absolute atomic E-state index is 0.0210. The Labute approximate surface area is 129 Å². The Bertz CT molecular complexity index is 626. The zero-order valence-corrected chi connectivity index (χ0v) is 12.8. The summed E-state index contributed by atoms with van der Waals surface area (Å²) in [6.45, 7) is 4.49. The van der Waals surface area contributed by atoms with E-state index in [-0.39, 0.29) is 22.7 Å². The molecule has 1 amide bonds. The van der Waals surface area contributed by atoms with Gasteiger partial charge in [-0.2, -0.15) is 0 Å². The van der Waals surface area contributed by atoms with Crippen molar-refractivity contribution in [3.63, 3.8) is 0 Å². The molecule has 0 spiro atoms. The first-order valence-electron chi connectivity index (χ1n) is 6.82.